The van der Waals surface area contributed by atoms with Gasteiger partial charge in [0.2, 0.25) is 17.1 Å². The molecule has 0 amide bonds. The monoisotopic (exact) mass is 2030 g/mol. The quantitative estimate of drug-likeness (QED) is 0.177. The summed E-state index contributed by atoms with van der Waals surface area (Å²) in [6, 6.07) is 0. The molecular formula is C129H198N4O14. The van der Waals surface area contributed by atoms with Gasteiger partial charge in [0.1, 0.15) is 28.9 Å². The molecule has 1 aromatic heterocycles. The Morgan fingerprint density at radius 1 is 0.388 bits per heavy atom. The molecule has 1 heterocycles. The van der Waals surface area contributed by atoms with Crippen molar-refractivity contribution in [2.75, 3.05) is 26.4 Å². The van der Waals surface area contributed by atoms with E-state index in [2.05, 4.69) is 172 Å². The van der Waals surface area contributed by atoms with E-state index in [4.69, 9.17) is 36.5 Å². The minimum Gasteiger partial charge on any atom is -0.523 e. The van der Waals surface area contributed by atoms with Crippen LogP contribution in [0.15, 0.2) is 45.7 Å². The summed E-state index contributed by atoms with van der Waals surface area (Å²) in [4.78, 5) is 118. The van der Waals surface area contributed by atoms with Crippen LogP contribution in [0.25, 0.3) is 14.5 Å². The molecular weight excluding hydrogens is 1830 g/mol. The Balaban J connectivity index is 0.000000154. The van der Waals surface area contributed by atoms with Gasteiger partial charge in [0.15, 0.2) is 11.6 Å². The highest BCUT2D eigenvalue weighted by Crippen LogP contribution is 2.83. The third-order valence-corrected chi connectivity index (χ3v) is 51.7. The molecule has 1 aromatic rings. The highest BCUT2D eigenvalue weighted by Gasteiger charge is 2.78. The van der Waals surface area contributed by atoms with Crippen LogP contribution >= 0.6 is 0 Å². The van der Waals surface area contributed by atoms with E-state index in [9.17, 15) is 53.7 Å². The van der Waals surface area contributed by atoms with E-state index in [1.807, 2.05) is 46.0 Å². The molecule has 0 radical (unpaired) electrons. The molecule has 16 fully saturated rings. The average Bonchev–Trinajstić information content (AvgIpc) is 1.49. The molecule has 818 valence electrons. The highest BCUT2D eigenvalue weighted by atomic mass is 16.5. The van der Waals surface area contributed by atoms with Crippen LogP contribution in [0, 0.1) is 240 Å². The molecule has 20 aliphatic rings. The van der Waals surface area contributed by atoms with Crippen molar-refractivity contribution in [1.82, 2.24) is 5.16 Å². The molecule has 36 atom stereocenters. The fourth-order valence-electron chi connectivity index (χ4n) is 42.5. The zero-order valence-corrected chi connectivity index (χ0v) is 96.3. The van der Waals surface area contributed by atoms with Crippen molar-refractivity contribution in [3.63, 3.8) is 0 Å². The van der Waals surface area contributed by atoms with E-state index >= 15 is 0 Å². The molecule has 3 N–H and O–H groups in total. The van der Waals surface area contributed by atoms with Crippen LogP contribution in [0.1, 0.15) is 448 Å². The van der Waals surface area contributed by atoms with Crippen molar-refractivity contribution in [2.24, 2.45) is 221 Å². The van der Waals surface area contributed by atoms with E-state index in [0.29, 0.717) is 109 Å². The Kier molecular flexibility index (Phi) is 29.7. The molecule has 0 aliphatic heterocycles. The summed E-state index contributed by atoms with van der Waals surface area (Å²) < 4.78 is 28.7. The van der Waals surface area contributed by atoms with Gasteiger partial charge in [0.25, 0.3) is 0 Å². The van der Waals surface area contributed by atoms with Gasteiger partial charge in [-0.2, -0.15) is 0 Å². The Labute approximate surface area is 891 Å². The van der Waals surface area contributed by atoms with Crippen molar-refractivity contribution in [3.05, 3.63) is 86.8 Å². The number of esters is 2. The Morgan fingerprint density at radius 3 is 0.993 bits per heavy atom. The molecule has 18 heteroatoms. The molecule has 0 spiro atoms. The summed E-state index contributed by atoms with van der Waals surface area (Å²) in [6.07, 6.45) is 39.2. The lowest BCUT2D eigenvalue weighted by molar-refractivity contribution is -0.230. The molecule has 147 heavy (non-hydrogen) atoms. The number of fused-ring (bicyclic) bond motifs is 29. The van der Waals surface area contributed by atoms with Gasteiger partial charge in [0, 0.05) is 119 Å². The molecule has 0 unspecified atom stereocenters. The molecule has 18 nitrogen and oxygen atoms in total. The van der Waals surface area contributed by atoms with E-state index in [0.717, 1.165) is 179 Å². The van der Waals surface area contributed by atoms with E-state index in [1.54, 1.807) is 0 Å². The largest absolute Gasteiger partial charge is 0.523 e. The number of nitrogens with zero attached hydrogens (tertiary/aromatic N) is 4. The van der Waals surface area contributed by atoms with E-state index < -0.39 is 0 Å². The van der Waals surface area contributed by atoms with Gasteiger partial charge in [-0.25, -0.2) is 14.5 Å². The number of ketones is 6. The Hall–Kier alpha value is -6.42. The molecule has 16 saturated carbocycles. The predicted molar refractivity (Wildman–Crippen MR) is 581 cm³/mol. The topological polar surface area (TPSA) is 255 Å². The molecule has 0 bridgehead atoms. The SMILES string of the molecule is C.CC.CC(=O)OC[C@]12CCC(C)(C)C[C@H]1[C@H]1C(=O)C[C@@H]3[C@@]4(C)Cc5cnoc5[C@@H](C)[C@@H]4CC[C@@]3(C)[C@]1(C)CC2.[3H]C.[3H]C.[C-]#[N+]C1=C(O)[C@@H](C)[C@@H]2CC[C@]3(C)[C@H](CC(=O)[C@@H]4[C@@H]5CC(C)(C)CC[C@]5(CO)CC[C@]43C)[C@@]2(C)C1.[C-]#[N+]C1=C[C@]2(C)[C@H]3CC(=O)[C@@H]4[C@@H]5CC(C)(C)CC[C@]5(CO)CC[C@@]4(C)[C@]3(C)CC[C@H]2[C@H](C)C1=O.[C-]#[N+]C1=C[C@]2(C)[C@H]3CC(=O)[C@@H]4[C@@H]5CC(C)(C)CC[C@]5(COC(C)=O)CC[C@@]4(C)[C@]3(C)CC[C@H]2[C@H](C)C1=O. The highest BCUT2D eigenvalue weighted by molar-refractivity contribution is 6.01. The summed E-state index contributed by atoms with van der Waals surface area (Å²) in [5.74, 6) is 5.75. The van der Waals surface area contributed by atoms with Gasteiger partial charge < -0.3 is 38.9 Å². The van der Waals surface area contributed by atoms with Crippen molar-refractivity contribution in [1.29, 1.82) is 0 Å². The second kappa shape index (κ2) is 38.6. The first kappa shape index (κ1) is 113. The number of allylic oxidation sites excluding steroid dienone is 6. The van der Waals surface area contributed by atoms with Crippen molar-refractivity contribution in [3.8, 4) is 0 Å². The van der Waals surface area contributed by atoms with Crippen LogP contribution in [-0.2, 0) is 54.3 Å². The van der Waals surface area contributed by atoms with Crippen molar-refractivity contribution in [2.45, 2.75) is 440 Å². The molecule has 21 rings (SSSR count). The summed E-state index contributed by atoms with van der Waals surface area (Å²) in [6.45, 7) is 87.4. The maximum atomic E-state index is 14.5. The zero-order valence-electron chi connectivity index (χ0n) is 98.3. The minimum atomic E-state index is -0.331. The first-order valence-corrected chi connectivity index (χ1v) is 57.6. The van der Waals surface area contributed by atoms with Crippen molar-refractivity contribution < 1.29 is 70.4 Å². The standard InChI is InChI=1S/C32H47NO4.C32H45NO4.C30H45NO3.C30H43NO3.C2H6.3CH4/c1-19-22-8-9-30(6)25(29(22,5)15-21-17-33-37-27(19)21)14-24(35)26-23-16-28(3,4)10-12-32(23,18-36-20(2)34)13-11-31(26,30)7;1-19-21-9-10-30(6)25(29(21,5)17-23(33-8)27(19)36)15-24(35)26-22-16-28(3,4)11-13-32(22,18-37-20(2)34)14-12-31(26,30)7;2*1-18-19-8-9-28(5)23(27(19,4)16-21(31-7)25(18)34)14-22(33)24-20-15-26(2,3)10-12-30(20,17-32)13-11-29(24,28)6;1-2;;;/h17,19,22-23,25-26H,8-16,18H2,1-7H3;17,19,21-22,25-26H,9-16,18H2,1-7H3;18-20,23-24,32,34H,8-17H2,1-6H3;16,18-20,23-24,32H,8-15,17H2,1-6H3;1-2H3;3*1H4/t19-,22-,23-,25+,26-,29-,30+,31+,32+;19-,21-,22-,25+,26-,29-,30+,31+,32+;2*18-,19-,20-,23+,24-,27-,28+,29+,30+;;;;/m0000..../s1/i;;;;;2*1T;. The van der Waals surface area contributed by atoms with Crippen LogP contribution in [0.4, 0.5) is 0 Å². The number of aromatic nitrogens is 1. The summed E-state index contributed by atoms with van der Waals surface area (Å²) in [7, 11) is 2.50. The van der Waals surface area contributed by atoms with Gasteiger partial charge >= 0.3 is 11.9 Å². The normalized spacial score (nSPS) is 48.4. The number of carbonyl (C=O) groups is 8. The predicted octanol–water partition coefficient (Wildman–Crippen LogP) is 30.1. The zero-order chi connectivity index (χ0) is 110. The van der Waals surface area contributed by atoms with Crippen LogP contribution in [0.2, 0.25) is 0 Å². The summed E-state index contributed by atoms with van der Waals surface area (Å²) in [5, 5.41) is 36.2. The lowest BCUT2D eigenvalue weighted by atomic mass is 9.32. The molecule has 0 saturated heterocycles. The fourth-order valence-corrected chi connectivity index (χ4v) is 42.5. The van der Waals surface area contributed by atoms with Gasteiger partial charge in [-0.1, -0.05) is 220 Å². The van der Waals surface area contributed by atoms with Gasteiger partial charge in [-0.05, 0) is 361 Å². The van der Waals surface area contributed by atoms with Gasteiger partial charge in [-0.15, -0.1) is 0 Å². The summed E-state index contributed by atoms with van der Waals surface area (Å²) >= 11 is 0. The number of ether oxygens (including phenoxy) is 2. The third kappa shape index (κ3) is 16.9. The van der Waals surface area contributed by atoms with Crippen LogP contribution in [0.3, 0.4) is 0 Å². The van der Waals surface area contributed by atoms with Crippen LogP contribution < -0.4 is 0 Å². The second-order valence-corrected chi connectivity index (χ2v) is 59.4. The summed E-state index contributed by atoms with van der Waals surface area (Å²) in [5.41, 5.74) is 1.73. The number of rotatable bonds is 6. The third-order valence-electron chi connectivity index (χ3n) is 51.7. The Bertz CT molecular complexity index is 5560. The van der Waals surface area contributed by atoms with Crippen LogP contribution in [0.5, 0.6) is 0 Å². The Morgan fingerprint density at radius 2 is 0.673 bits per heavy atom. The molecule has 20 aliphatic carbocycles. The van der Waals surface area contributed by atoms with Gasteiger partial charge in [0.05, 0.1) is 44.9 Å². The smallest absolute Gasteiger partial charge is 0.302 e. The number of aliphatic hydroxyl groups excluding tert-OH is 3. The number of aliphatic hydroxyl groups is 3. The number of hydrogen-bond acceptors (Lipinski definition) is 15. The van der Waals surface area contributed by atoms with E-state index in [-0.39, 0.29) is 253 Å². The first-order valence-electron chi connectivity index (χ1n) is 59.6. The average molecular weight is 2030 g/mol. The number of Topliss-reactive ketones (excluding diaryl/α,β-unsaturated/α-hetero) is 6. The van der Waals surface area contributed by atoms with Crippen molar-refractivity contribution >= 4 is 46.6 Å². The second-order valence-electron chi connectivity index (χ2n) is 59.4. The van der Waals surface area contributed by atoms with Gasteiger partial charge in [-0.3, -0.25) is 28.8 Å². The first-order chi connectivity index (χ1) is 69.0. The minimum absolute atomic E-state index is 0. The maximum absolute atomic E-state index is 14.5. The molecule has 0 aromatic carbocycles. The van der Waals surface area contributed by atoms with E-state index in [1.165, 1.54) is 47.1 Å². The maximum Gasteiger partial charge on any atom is 0.302 e. The number of hydrogen-bond donors (Lipinski definition) is 3. The lowest BCUT2D eigenvalue weighted by Gasteiger charge is -2.72. The lowest BCUT2D eigenvalue weighted by Crippen LogP contribution is -2.68. The van der Waals surface area contributed by atoms with Crippen LogP contribution in [-0.4, -0.2) is 93.5 Å². The number of carbonyl (C=O) groups excluding carboxylic acids is 8. The fraction of sp³-hybridized carbons (Fsp3) is 0.845.